The number of carbonyl (C=O) groups is 1. The van der Waals surface area contributed by atoms with Crippen LogP contribution in [0, 0.1) is 11.8 Å². The molecule has 0 spiro atoms. The van der Waals surface area contributed by atoms with Gasteiger partial charge in [-0.05, 0) is 44.1 Å². The first-order valence-corrected chi connectivity index (χ1v) is 24.8. The second-order valence-electron chi connectivity index (χ2n) is 17.8. The first kappa shape index (κ1) is 54.7. The van der Waals surface area contributed by atoms with Crippen LogP contribution in [0.1, 0.15) is 181 Å². The second-order valence-corrected chi connectivity index (χ2v) is 19.2. The molecule has 1 saturated carbocycles. The number of likely N-dealkylation sites (N-methyl/N-ethyl adjacent to an activating group) is 1. The van der Waals surface area contributed by atoms with Crippen LogP contribution in [-0.4, -0.2) is 97.7 Å². The highest BCUT2D eigenvalue weighted by molar-refractivity contribution is 7.45. The van der Waals surface area contributed by atoms with E-state index in [0.717, 1.165) is 57.8 Å². The first-order valence-electron chi connectivity index (χ1n) is 23.4. The Hall–Kier alpha value is -1.30. The number of unbranched alkanes of at least 4 members (excludes halogenated alkanes) is 19. The molecule has 1 aliphatic carbocycles. The third-order valence-electron chi connectivity index (χ3n) is 11.2. The fraction of sp³-hybridized carbons (Fsp3) is 0.891. The highest BCUT2D eigenvalue weighted by Gasteiger charge is 2.39. The van der Waals surface area contributed by atoms with E-state index in [1.165, 1.54) is 83.5 Å². The number of aliphatic hydroxyl groups is 3. The van der Waals surface area contributed by atoms with Gasteiger partial charge in [0.05, 0.1) is 52.3 Å². The van der Waals surface area contributed by atoms with E-state index >= 15 is 0 Å². The minimum absolute atomic E-state index is 0.0207. The van der Waals surface area contributed by atoms with Gasteiger partial charge >= 0.3 is 5.97 Å². The average molecular weight is 846 g/mol. The zero-order valence-corrected chi connectivity index (χ0v) is 38.5. The summed E-state index contributed by atoms with van der Waals surface area (Å²) in [7, 11) is 1.20. The Labute approximate surface area is 354 Å². The lowest BCUT2D eigenvalue weighted by Gasteiger charge is -2.28. The van der Waals surface area contributed by atoms with Crippen molar-refractivity contribution in [3.63, 3.8) is 0 Å². The number of aliphatic hydroxyl groups excluding tert-OH is 3. The number of nitrogens with zero attached hydrogens (tertiary/aromatic N) is 1. The number of phosphoric acid groups is 1. The van der Waals surface area contributed by atoms with Gasteiger partial charge in [-0.3, -0.25) is 9.36 Å². The van der Waals surface area contributed by atoms with Gasteiger partial charge in [-0.2, -0.15) is 0 Å². The molecule has 58 heavy (non-hydrogen) atoms. The standard InChI is InChI=1S/C46H88NO10P/c1-6-8-10-11-12-13-14-15-16-17-18-19-20-21-24-28-35-54-38-41(39-56-58(52,53)55-36-34-47(3,4)5)57-46(51)31-27-23-22-26-30-42-43(45(50)37-44(42)49)33-32-40(48)29-25-9-7-2/h28,32-33,35,40-45,48-50H,6-27,29-31,34,36-39H2,1-5H3/b33-32+,35-28+/t40-,41+,42+,43+,44-,45+/m0/s1. The number of quaternary nitrogens is 1. The molecule has 1 rings (SSSR count). The minimum atomic E-state index is -4.60. The lowest BCUT2D eigenvalue weighted by molar-refractivity contribution is -0.870. The molecule has 0 heterocycles. The maximum absolute atomic E-state index is 12.8. The molecule has 0 aromatic rings. The topological polar surface area (TPSA) is 155 Å². The normalized spacial score (nSPS) is 20.8. The van der Waals surface area contributed by atoms with Gasteiger partial charge in [0.1, 0.15) is 19.8 Å². The van der Waals surface area contributed by atoms with Crippen molar-refractivity contribution in [1.82, 2.24) is 0 Å². The van der Waals surface area contributed by atoms with Gasteiger partial charge in [0.25, 0.3) is 7.82 Å². The number of esters is 1. The van der Waals surface area contributed by atoms with E-state index in [0.29, 0.717) is 30.3 Å². The van der Waals surface area contributed by atoms with Crippen molar-refractivity contribution >= 4 is 13.8 Å². The number of rotatable bonds is 39. The first-order chi connectivity index (χ1) is 27.8. The van der Waals surface area contributed by atoms with Crippen LogP contribution in [0.3, 0.4) is 0 Å². The van der Waals surface area contributed by atoms with E-state index in [1.54, 1.807) is 12.3 Å². The van der Waals surface area contributed by atoms with Crippen LogP contribution in [0.2, 0.25) is 0 Å². The molecule has 342 valence electrons. The van der Waals surface area contributed by atoms with Gasteiger partial charge in [-0.25, -0.2) is 0 Å². The third-order valence-corrected chi connectivity index (χ3v) is 12.1. The van der Waals surface area contributed by atoms with E-state index in [2.05, 4.69) is 13.8 Å². The Morgan fingerprint density at radius 1 is 0.776 bits per heavy atom. The summed E-state index contributed by atoms with van der Waals surface area (Å²) in [4.78, 5) is 25.2. The number of allylic oxidation sites excluding steroid dienone is 1. The van der Waals surface area contributed by atoms with Crippen molar-refractivity contribution in [2.45, 2.75) is 205 Å². The van der Waals surface area contributed by atoms with Crippen molar-refractivity contribution < 1.29 is 52.6 Å². The molecule has 3 N–H and O–H groups in total. The van der Waals surface area contributed by atoms with Crippen LogP contribution in [0.5, 0.6) is 0 Å². The molecule has 0 aromatic carbocycles. The molecule has 12 heteroatoms. The molecule has 11 nitrogen and oxygen atoms in total. The molecular weight excluding hydrogens is 757 g/mol. The van der Waals surface area contributed by atoms with E-state index in [-0.39, 0.29) is 31.5 Å². The molecule has 0 aromatic heterocycles. The van der Waals surface area contributed by atoms with E-state index < -0.39 is 44.8 Å². The van der Waals surface area contributed by atoms with Crippen LogP contribution in [0.25, 0.3) is 0 Å². The molecule has 0 amide bonds. The molecule has 0 radical (unpaired) electrons. The quantitative estimate of drug-likeness (QED) is 0.0136. The predicted octanol–water partition coefficient (Wildman–Crippen LogP) is 9.70. The average Bonchev–Trinajstić information content (AvgIpc) is 3.43. The summed E-state index contributed by atoms with van der Waals surface area (Å²) in [6.45, 7) is 4.41. The summed E-state index contributed by atoms with van der Waals surface area (Å²) in [5.74, 6) is -0.701. The van der Waals surface area contributed by atoms with Gasteiger partial charge in [0.2, 0.25) is 0 Å². The van der Waals surface area contributed by atoms with Gasteiger partial charge in [0.15, 0.2) is 6.10 Å². The SMILES string of the molecule is CCCCCCCCCCCCCCCC/C=C/OC[C@H](COP(=O)([O-])OCC[N+](C)(C)C)OC(=O)CCCCCC[C@@H]1[C@@H](/C=C/[C@@H](O)CCCCC)[C@H](O)C[C@@H]1O. The van der Waals surface area contributed by atoms with Crippen molar-refractivity contribution in [3.05, 3.63) is 24.5 Å². The number of phosphoric ester groups is 1. The summed E-state index contributed by atoms with van der Waals surface area (Å²) < 4.78 is 34.4. The fourth-order valence-electron chi connectivity index (χ4n) is 7.49. The van der Waals surface area contributed by atoms with Crippen molar-refractivity contribution in [2.24, 2.45) is 11.8 Å². The maximum Gasteiger partial charge on any atom is 0.306 e. The number of hydrogen-bond acceptors (Lipinski definition) is 10. The van der Waals surface area contributed by atoms with E-state index in [9.17, 15) is 29.6 Å². The minimum Gasteiger partial charge on any atom is -0.756 e. The van der Waals surface area contributed by atoms with Gasteiger partial charge in [0, 0.05) is 18.8 Å². The Kier molecular flexibility index (Phi) is 32.4. The van der Waals surface area contributed by atoms with E-state index in [4.69, 9.17) is 18.5 Å². The molecular formula is C46H88NO10P. The molecule has 1 unspecified atom stereocenters. The van der Waals surface area contributed by atoms with Crippen LogP contribution >= 0.6 is 7.82 Å². The second kappa shape index (κ2) is 34.3. The lowest BCUT2D eigenvalue weighted by Crippen LogP contribution is -2.37. The van der Waals surface area contributed by atoms with Crippen LogP contribution in [0.4, 0.5) is 0 Å². The van der Waals surface area contributed by atoms with Gasteiger partial charge in [-0.1, -0.05) is 148 Å². The molecule has 7 atom stereocenters. The predicted molar refractivity (Wildman–Crippen MR) is 233 cm³/mol. The summed E-state index contributed by atoms with van der Waals surface area (Å²) >= 11 is 0. The van der Waals surface area contributed by atoms with Gasteiger partial charge in [-0.15, -0.1) is 0 Å². The lowest BCUT2D eigenvalue weighted by atomic mass is 9.88. The monoisotopic (exact) mass is 846 g/mol. The number of ether oxygens (including phenoxy) is 2. The summed E-state index contributed by atoms with van der Waals surface area (Å²) in [5, 5.41) is 31.5. The van der Waals surface area contributed by atoms with Crippen molar-refractivity contribution in [3.8, 4) is 0 Å². The number of carbonyl (C=O) groups excluding carboxylic acids is 1. The highest BCUT2D eigenvalue weighted by Crippen LogP contribution is 2.39. The fourth-order valence-corrected chi connectivity index (χ4v) is 8.22. The largest absolute Gasteiger partial charge is 0.756 e. The molecule has 0 saturated heterocycles. The summed E-state index contributed by atoms with van der Waals surface area (Å²) in [6.07, 6.45) is 32.0. The van der Waals surface area contributed by atoms with Crippen LogP contribution in [-0.2, 0) is 27.9 Å². The van der Waals surface area contributed by atoms with E-state index in [1.807, 2.05) is 33.3 Å². The van der Waals surface area contributed by atoms with Crippen molar-refractivity contribution in [1.29, 1.82) is 0 Å². The Bertz CT molecular complexity index is 1100. The third kappa shape index (κ3) is 30.7. The zero-order chi connectivity index (χ0) is 42.9. The maximum atomic E-state index is 12.8. The molecule has 1 aliphatic rings. The zero-order valence-electron chi connectivity index (χ0n) is 37.6. The number of hydrogen-bond donors (Lipinski definition) is 3. The highest BCUT2D eigenvalue weighted by atomic mass is 31.2. The molecule has 1 fully saturated rings. The molecule has 0 bridgehead atoms. The Balaban J connectivity index is 2.42. The molecule has 0 aliphatic heterocycles. The van der Waals surface area contributed by atoms with Gasteiger partial charge < -0.3 is 43.2 Å². The Morgan fingerprint density at radius 3 is 1.97 bits per heavy atom. The van der Waals surface area contributed by atoms with Crippen LogP contribution in [0.15, 0.2) is 24.5 Å². The smallest absolute Gasteiger partial charge is 0.306 e. The van der Waals surface area contributed by atoms with Crippen LogP contribution < -0.4 is 4.89 Å². The summed E-state index contributed by atoms with van der Waals surface area (Å²) in [6, 6.07) is 0. The van der Waals surface area contributed by atoms with Crippen molar-refractivity contribution in [2.75, 3.05) is 47.5 Å². The summed E-state index contributed by atoms with van der Waals surface area (Å²) in [5.41, 5.74) is 0. The Morgan fingerprint density at radius 2 is 1.34 bits per heavy atom.